The molecule has 0 fully saturated rings. The first-order valence-electron chi connectivity index (χ1n) is 5.83. The van der Waals surface area contributed by atoms with Crippen molar-refractivity contribution in [3.05, 3.63) is 58.8 Å². The number of halogens is 2. The molecule has 2 aromatic carbocycles. The van der Waals surface area contributed by atoms with Crippen LogP contribution < -0.4 is 0 Å². The van der Waals surface area contributed by atoms with Gasteiger partial charge in [0.1, 0.15) is 5.82 Å². The predicted molar refractivity (Wildman–Crippen MR) is 76.2 cm³/mol. The van der Waals surface area contributed by atoms with Crippen LogP contribution in [0.5, 0.6) is 0 Å². The van der Waals surface area contributed by atoms with E-state index in [9.17, 15) is 4.39 Å². The van der Waals surface area contributed by atoms with Gasteiger partial charge in [0.25, 0.3) is 0 Å². The molecule has 0 aliphatic heterocycles. The van der Waals surface area contributed by atoms with Gasteiger partial charge in [-0.15, -0.1) is 20.4 Å². The summed E-state index contributed by atoms with van der Waals surface area (Å²) in [6.07, 6.45) is 0. The van der Waals surface area contributed by atoms with Crippen molar-refractivity contribution < 1.29 is 4.39 Å². The van der Waals surface area contributed by atoms with Gasteiger partial charge >= 0.3 is 0 Å². The molecule has 3 aromatic rings. The molecule has 0 saturated heterocycles. The highest BCUT2D eigenvalue weighted by Gasteiger charge is 2.11. The monoisotopic (exact) mass is 330 g/mol. The summed E-state index contributed by atoms with van der Waals surface area (Å²) < 4.78 is 14.5. The van der Waals surface area contributed by atoms with Crippen molar-refractivity contribution in [2.75, 3.05) is 0 Å². The van der Waals surface area contributed by atoms with Gasteiger partial charge < -0.3 is 0 Å². The number of rotatable bonds is 2. The molecule has 3 rings (SSSR count). The lowest BCUT2D eigenvalue weighted by molar-refractivity contribution is 0.628. The maximum absolute atomic E-state index is 13.6. The Morgan fingerprint density at radius 3 is 1.80 bits per heavy atom. The van der Waals surface area contributed by atoms with Crippen molar-refractivity contribution in [3.63, 3.8) is 0 Å². The normalized spacial score (nSPS) is 10.5. The van der Waals surface area contributed by atoms with Crippen LogP contribution in [0, 0.1) is 5.82 Å². The van der Waals surface area contributed by atoms with Gasteiger partial charge in [0.15, 0.2) is 0 Å². The van der Waals surface area contributed by atoms with Crippen LogP contribution in [0.15, 0.2) is 53.0 Å². The van der Waals surface area contributed by atoms with Gasteiger partial charge in [-0.05, 0) is 24.3 Å². The van der Waals surface area contributed by atoms with E-state index in [1.165, 1.54) is 6.07 Å². The summed E-state index contributed by atoms with van der Waals surface area (Å²) in [5, 5.41) is 15.9. The SMILES string of the molecule is Fc1ccccc1-c1nnc(-c2ccccc2Br)nn1. The van der Waals surface area contributed by atoms with Gasteiger partial charge in [0.2, 0.25) is 11.6 Å². The second kappa shape index (κ2) is 5.42. The summed E-state index contributed by atoms with van der Waals surface area (Å²) in [5.74, 6) is 0.154. The van der Waals surface area contributed by atoms with Gasteiger partial charge in [-0.25, -0.2) is 4.39 Å². The van der Waals surface area contributed by atoms with E-state index in [0.29, 0.717) is 5.82 Å². The van der Waals surface area contributed by atoms with Crippen molar-refractivity contribution in [2.24, 2.45) is 0 Å². The van der Waals surface area contributed by atoms with E-state index in [4.69, 9.17) is 0 Å². The lowest BCUT2D eigenvalue weighted by Crippen LogP contribution is -2.00. The molecular formula is C14H8BrFN4. The summed E-state index contributed by atoms with van der Waals surface area (Å²) in [6, 6.07) is 13.7. The maximum atomic E-state index is 13.6. The molecule has 0 aliphatic carbocycles. The third-order valence-corrected chi connectivity index (χ3v) is 3.40. The molecule has 0 radical (unpaired) electrons. The Balaban J connectivity index is 2.01. The van der Waals surface area contributed by atoms with Gasteiger partial charge in [-0.2, -0.15) is 0 Å². The van der Waals surface area contributed by atoms with Gasteiger partial charge in [0, 0.05) is 10.0 Å². The average Bonchev–Trinajstić information content (AvgIpc) is 2.49. The molecule has 0 amide bonds. The van der Waals surface area contributed by atoms with Crippen molar-refractivity contribution in [3.8, 4) is 22.8 Å². The minimum atomic E-state index is -0.398. The second-order valence-electron chi connectivity index (χ2n) is 4.01. The third kappa shape index (κ3) is 2.42. The second-order valence-corrected chi connectivity index (χ2v) is 4.86. The zero-order valence-corrected chi connectivity index (χ0v) is 11.7. The summed E-state index contributed by atoms with van der Waals surface area (Å²) in [7, 11) is 0. The van der Waals surface area contributed by atoms with E-state index in [-0.39, 0.29) is 11.4 Å². The molecule has 0 N–H and O–H groups in total. The van der Waals surface area contributed by atoms with Crippen molar-refractivity contribution in [2.45, 2.75) is 0 Å². The van der Waals surface area contributed by atoms with E-state index >= 15 is 0 Å². The average molecular weight is 331 g/mol. The first kappa shape index (κ1) is 12.8. The number of nitrogens with zero attached hydrogens (tertiary/aromatic N) is 4. The molecule has 0 spiro atoms. The molecule has 20 heavy (non-hydrogen) atoms. The first-order valence-corrected chi connectivity index (χ1v) is 6.62. The Hall–Kier alpha value is -2.21. The van der Waals surface area contributed by atoms with E-state index < -0.39 is 5.82 Å². The fourth-order valence-electron chi connectivity index (χ4n) is 1.73. The van der Waals surface area contributed by atoms with E-state index in [2.05, 4.69) is 36.3 Å². The molecule has 0 aliphatic rings. The number of hydrogen-bond donors (Lipinski definition) is 0. The predicted octanol–water partition coefficient (Wildman–Crippen LogP) is 3.50. The minimum absolute atomic E-state index is 0.166. The number of hydrogen-bond acceptors (Lipinski definition) is 4. The van der Waals surface area contributed by atoms with Crippen molar-refractivity contribution in [1.29, 1.82) is 0 Å². The van der Waals surface area contributed by atoms with E-state index in [1.54, 1.807) is 18.2 Å². The van der Waals surface area contributed by atoms with Gasteiger partial charge in [-0.3, -0.25) is 0 Å². The Labute approximate surface area is 122 Å². The van der Waals surface area contributed by atoms with Crippen LogP contribution in [-0.2, 0) is 0 Å². The highest BCUT2D eigenvalue weighted by Crippen LogP contribution is 2.24. The molecule has 6 heteroatoms. The largest absolute Gasteiger partial charge is 0.206 e. The smallest absolute Gasteiger partial charge is 0.206 e. The maximum Gasteiger partial charge on any atom is 0.206 e. The fraction of sp³-hybridized carbons (Fsp3) is 0. The highest BCUT2D eigenvalue weighted by atomic mass is 79.9. The summed E-state index contributed by atoms with van der Waals surface area (Å²) in [6.45, 7) is 0. The zero-order valence-electron chi connectivity index (χ0n) is 10.2. The van der Waals surface area contributed by atoms with Crippen LogP contribution in [-0.4, -0.2) is 20.4 Å². The molecule has 0 atom stereocenters. The zero-order chi connectivity index (χ0) is 13.9. The lowest BCUT2D eigenvalue weighted by atomic mass is 10.2. The Morgan fingerprint density at radius 2 is 1.20 bits per heavy atom. The third-order valence-electron chi connectivity index (χ3n) is 2.71. The standard InChI is InChI=1S/C14H8BrFN4/c15-11-7-3-1-5-9(11)13-17-19-14(20-18-13)10-6-2-4-8-12(10)16/h1-8H. The molecular weight excluding hydrogens is 323 g/mol. The van der Waals surface area contributed by atoms with Crippen LogP contribution in [0.25, 0.3) is 22.8 Å². The fourth-order valence-corrected chi connectivity index (χ4v) is 2.19. The Kier molecular flexibility index (Phi) is 3.47. The van der Waals surface area contributed by atoms with Crippen LogP contribution in [0.3, 0.4) is 0 Å². The molecule has 0 unspecified atom stereocenters. The summed E-state index contributed by atoms with van der Waals surface area (Å²) in [4.78, 5) is 0. The van der Waals surface area contributed by atoms with Crippen LogP contribution >= 0.6 is 15.9 Å². The first-order chi connectivity index (χ1) is 9.75. The lowest BCUT2D eigenvalue weighted by Gasteiger charge is -2.03. The van der Waals surface area contributed by atoms with E-state index in [0.717, 1.165) is 10.0 Å². The van der Waals surface area contributed by atoms with Gasteiger partial charge in [-0.1, -0.05) is 40.2 Å². The quantitative estimate of drug-likeness (QED) is 0.721. The topological polar surface area (TPSA) is 51.6 Å². The Morgan fingerprint density at radius 1 is 0.700 bits per heavy atom. The minimum Gasteiger partial charge on any atom is -0.206 e. The van der Waals surface area contributed by atoms with Gasteiger partial charge in [0.05, 0.1) is 5.56 Å². The number of benzene rings is 2. The molecule has 1 heterocycles. The Bertz CT molecular complexity index is 682. The molecule has 1 aromatic heterocycles. The number of aromatic nitrogens is 4. The molecule has 98 valence electrons. The van der Waals surface area contributed by atoms with Crippen molar-refractivity contribution in [1.82, 2.24) is 20.4 Å². The van der Waals surface area contributed by atoms with Crippen molar-refractivity contribution >= 4 is 15.9 Å². The van der Waals surface area contributed by atoms with Crippen LogP contribution in [0.2, 0.25) is 0 Å². The molecule has 0 bridgehead atoms. The molecule has 0 saturated carbocycles. The van der Waals surface area contributed by atoms with E-state index in [1.807, 2.05) is 24.3 Å². The summed E-state index contributed by atoms with van der Waals surface area (Å²) in [5.41, 5.74) is 1.07. The van der Waals surface area contributed by atoms with Crippen LogP contribution in [0.4, 0.5) is 4.39 Å². The summed E-state index contributed by atoms with van der Waals surface area (Å²) >= 11 is 3.41. The van der Waals surface area contributed by atoms with Crippen LogP contribution in [0.1, 0.15) is 0 Å². The molecule has 4 nitrogen and oxygen atoms in total. The highest BCUT2D eigenvalue weighted by molar-refractivity contribution is 9.10.